The lowest BCUT2D eigenvalue weighted by Gasteiger charge is -2.03. The summed E-state index contributed by atoms with van der Waals surface area (Å²) in [6.45, 7) is 6.19. The van der Waals surface area contributed by atoms with Crippen LogP contribution in [0.2, 0.25) is 0 Å². The summed E-state index contributed by atoms with van der Waals surface area (Å²) >= 11 is 0. The third kappa shape index (κ3) is 5.96. The molecule has 0 aromatic heterocycles. The molecular weight excluding hydrogens is 152 g/mol. The second kappa shape index (κ2) is 6.89. The van der Waals surface area contributed by atoms with E-state index in [0.717, 1.165) is 12.8 Å². The van der Waals surface area contributed by atoms with Crippen molar-refractivity contribution in [1.82, 2.24) is 0 Å². The average Bonchev–Trinajstić information content (AvgIpc) is 2.03. The van der Waals surface area contributed by atoms with Gasteiger partial charge in [-0.3, -0.25) is 4.79 Å². The van der Waals surface area contributed by atoms with E-state index >= 15 is 0 Å². The zero-order chi connectivity index (χ0) is 9.40. The molecule has 2 nitrogen and oxygen atoms in total. The van der Waals surface area contributed by atoms with Gasteiger partial charge in [0, 0.05) is 0 Å². The van der Waals surface area contributed by atoms with Gasteiger partial charge < -0.3 is 4.74 Å². The number of unbranched alkanes of at least 4 members (excludes halogenated alkanes) is 1. The fourth-order valence-electron chi connectivity index (χ4n) is 0.649. The predicted octanol–water partition coefficient (Wildman–Crippen LogP) is 2.54. The minimum atomic E-state index is -0.129. The molecule has 0 aliphatic heterocycles. The summed E-state index contributed by atoms with van der Waals surface area (Å²) in [6.07, 6.45) is 6.12. The van der Waals surface area contributed by atoms with Crippen molar-refractivity contribution in [1.29, 1.82) is 0 Å². The second-order valence-electron chi connectivity index (χ2n) is 3.04. The van der Waals surface area contributed by atoms with E-state index in [4.69, 9.17) is 4.74 Å². The minimum Gasteiger partial charge on any atom is -0.461 e. The van der Waals surface area contributed by atoms with Crippen LogP contribution in [0.15, 0.2) is 12.2 Å². The zero-order valence-corrected chi connectivity index (χ0v) is 8.17. The van der Waals surface area contributed by atoms with Crippen LogP contribution in [0.3, 0.4) is 0 Å². The van der Waals surface area contributed by atoms with E-state index in [1.807, 2.05) is 26.0 Å². The van der Waals surface area contributed by atoms with E-state index in [2.05, 4.69) is 6.92 Å². The molecule has 0 atom stereocenters. The van der Waals surface area contributed by atoms with Gasteiger partial charge in [0.25, 0.3) is 0 Å². The maximum atomic E-state index is 10.9. The molecule has 0 saturated carbocycles. The van der Waals surface area contributed by atoms with Gasteiger partial charge in [0.15, 0.2) is 0 Å². The van der Waals surface area contributed by atoms with Crippen molar-refractivity contribution >= 4 is 5.97 Å². The number of allylic oxidation sites excluding steroid dienone is 1. The Labute approximate surface area is 74.6 Å². The van der Waals surface area contributed by atoms with Gasteiger partial charge in [0.1, 0.15) is 6.61 Å². The van der Waals surface area contributed by atoms with Crippen LogP contribution in [-0.2, 0) is 9.53 Å². The number of rotatable bonds is 5. The van der Waals surface area contributed by atoms with Gasteiger partial charge >= 0.3 is 5.97 Å². The normalized spacial score (nSPS) is 11.0. The molecule has 0 aliphatic carbocycles. The fraction of sp³-hybridized carbons (Fsp3) is 0.700. The molecule has 0 fully saturated rings. The first-order valence-electron chi connectivity index (χ1n) is 4.50. The maximum absolute atomic E-state index is 10.9. The van der Waals surface area contributed by atoms with Gasteiger partial charge in [0.2, 0.25) is 0 Å². The van der Waals surface area contributed by atoms with Gasteiger partial charge in [0.05, 0.1) is 5.92 Å². The van der Waals surface area contributed by atoms with E-state index in [-0.39, 0.29) is 11.9 Å². The summed E-state index contributed by atoms with van der Waals surface area (Å²) in [6, 6.07) is 0. The van der Waals surface area contributed by atoms with Gasteiger partial charge in [-0.05, 0) is 6.42 Å². The SMILES string of the molecule is CCC/C=C/COC(=O)C(C)C. The summed E-state index contributed by atoms with van der Waals surface area (Å²) in [5.74, 6) is -0.152. The van der Waals surface area contributed by atoms with Crippen LogP contribution >= 0.6 is 0 Å². The Morgan fingerprint density at radius 3 is 2.58 bits per heavy atom. The summed E-state index contributed by atoms with van der Waals surface area (Å²) in [7, 11) is 0. The first kappa shape index (κ1) is 11.2. The molecule has 0 aromatic rings. The van der Waals surface area contributed by atoms with Crippen LogP contribution in [0.25, 0.3) is 0 Å². The van der Waals surface area contributed by atoms with E-state index in [1.165, 1.54) is 0 Å². The molecule has 0 aliphatic rings. The Morgan fingerprint density at radius 2 is 2.08 bits per heavy atom. The number of hydrogen-bond acceptors (Lipinski definition) is 2. The Morgan fingerprint density at radius 1 is 1.42 bits per heavy atom. The van der Waals surface area contributed by atoms with Crippen molar-refractivity contribution in [2.75, 3.05) is 6.61 Å². The standard InChI is InChI=1S/C10H18O2/c1-4-5-6-7-8-12-10(11)9(2)3/h6-7,9H,4-5,8H2,1-3H3/b7-6+. The van der Waals surface area contributed by atoms with Gasteiger partial charge in [-0.2, -0.15) is 0 Å². The highest BCUT2D eigenvalue weighted by Crippen LogP contribution is 1.96. The molecular formula is C10H18O2. The van der Waals surface area contributed by atoms with Crippen LogP contribution in [0.5, 0.6) is 0 Å². The van der Waals surface area contributed by atoms with Crippen LogP contribution in [0.1, 0.15) is 33.6 Å². The molecule has 0 radical (unpaired) electrons. The van der Waals surface area contributed by atoms with Crippen molar-refractivity contribution in [3.05, 3.63) is 12.2 Å². The third-order valence-electron chi connectivity index (χ3n) is 1.42. The minimum absolute atomic E-state index is 0.0235. The van der Waals surface area contributed by atoms with Gasteiger partial charge in [-0.15, -0.1) is 0 Å². The number of carbonyl (C=O) groups excluding carboxylic acids is 1. The Hall–Kier alpha value is -0.790. The average molecular weight is 170 g/mol. The van der Waals surface area contributed by atoms with Crippen molar-refractivity contribution in [3.8, 4) is 0 Å². The molecule has 70 valence electrons. The molecule has 0 aromatic carbocycles. The quantitative estimate of drug-likeness (QED) is 0.468. The topological polar surface area (TPSA) is 26.3 Å². The molecule has 12 heavy (non-hydrogen) atoms. The predicted molar refractivity (Wildman–Crippen MR) is 49.8 cm³/mol. The van der Waals surface area contributed by atoms with Crippen molar-refractivity contribution in [3.63, 3.8) is 0 Å². The number of hydrogen-bond donors (Lipinski definition) is 0. The summed E-state index contributed by atoms with van der Waals surface area (Å²) in [5.41, 5.74) is 0. The smallest absolute Gasteiger partial charge is 0.308 e. The number of ether oxygens (including phenoxy) is 1. The molecule has 0 saturated heterocycles. The lowest BCUT2D eigenvalue weighted by atomic mass is 10.2. The van der Waals surface area contributed by atoms with E-state index < -0.39 is 0 Å². The highest BCUT2D eigenvalue weighted by atomic mass is 16.5. The molecule has 0 bridgehead atoms. The van der Waals surface area contributed by atoms with E-state index in [0.29, 0.717) is 6.61 Å². The second-order valence-corrected chi connectivity index (χ2v) is 3.04. The van der Waals surface area contributed by atoms with E-state index in [1.54, 1.807) is 0 Å². The zero-order valence-electron chi connectivity index (χ0n) is 8.17. The number of carbonyl (C=O) groups is 1. The molecule has 0 N–H and O–H groups in total. The highest BCUT2D eigenvalue weighted by molar-refractivity contribution is 5.71. The molecule has 0 unspecified atom stereocenters. The van der Waals surface area contributed by atoms with Gasteiger partial charge in [-0.1, -0.05) is 39.3 Å². The van der Waals surface area contributed by atoms with Crippen molar-refractivity contribution in [2.24, 2.45) is 5.92 Å². The van der Waals surface area contributed by atoms with Crippen LogP contribution < -0.4 is 0 Å². The van der Waals surface area contributed by atoms with Gasteiger partial charge in [-0.25, -0.2) is 0 Å². The first-order chi connectivity index (χ1) is 5.68. The largest absolute Gasteiger partial charge is 0.461 e. The van der Waals surface area contributed by atoms with Crippen LogP contribution in [0.4, 0.5) is 0 Å². The Bertz CT molecular complexity index is 148. The summed E-state index contributed by atoms with van der Waals surface area (Å²) < 4.78 is 4.92. The summed E-state index contributed by atoms with van der Waals surface area (Å²) in [4.78, 5) is 10.9. The molecule has 2 heteroatoms. The Balaban J connectivity index is 3.37. The highest BCUT2D eigenvalue weighted by Gasteiger charge is 2.05. The summed E-state index contributed by atoms with van der Waals surface area (Å²) in [5, 5.41) is 0. The lowest BCUT2D eigenvalue weighted by molar-refractivity contribution is -0.146. The first-order valence-corrected chi connectivity index (χ1v) is 4.50. The number of esters is 1. The molecule has 0 spiro atoms. The van der Waals surface area contributed by atoms with Crippen LogP contribution in [-0.4, -0.2) is 12.6 Å². The fourth-order valence-corrected chi connectivity index (χ4v) is 0.649. The van der Waals surface area contributed by atoms with Crippen LogP contribution in [0, 0.1) is 5.92 Å². The third-order valence-corrected chi connectivity index (χ3v) is 1.42. The van der Waals surface area contributed by atoms with Crippen molar-refractivity contribution in [2.45, 2.75) is 33.6 Å². The van der Waals surface area contributed by atoms with E-state index in [9.17, 15) is 4.79 Å². The molecule has 0 amide bonds. The molecule has 0 heterocycles. The lowest BCUT2D eigenvalue weighted by Crippen LogP contribution is -2.11. The Kier molecular flexibility index (Phi) is 6.44. The maximum Gasteiger partial charge on any atom is 0.308 e. The molecule has 0 rings (SSSR count). The van der Waals surface area contributed by atoms with Crippen molar-refractivity contribution < 1.29 is 9.53 Å². The monoisotopic (exact) mass is 170 g/mol.